The molecule has 31 heavy (non-hydrogen) atoms. The van der Waals surface area contributed by atoms with E-state index in [1.165, 1.54) is 4.90 Å². The van der Waals surface area contributed by atoms with Crippen LogP contribution in [0.3, 0.4) is 0 Å². The third-order valence-corrected chi connectivity index (χ3v) is 5.21. The molecule has 0 aliphatic carbocycles. The monoisotopic (exact) mass is 429 g/mol. The van der Waals surface area contributed by atoms with Crippen molar-refractivity contribution in [2.24, 2.45) is 5.73 Å². The maximum atomic E-state index is 12.1. The summed E-state index contributed by atoms with van der Waals surface area (Å²) in [6.45, 7) is 0.865. The molecule has 3 aromatic carbocycles. The molecule has 0 atom stereocenters. The molecule has 0 spiro atoms. The van der Waals surface area contributed by atoms with Crippen LogP contribution in [0.25, 0.3) is 0 Å². The van der Waals surface area contributed by atoms with Gasteiger partial charge in [-0.15, -0.1) is 11.8 Å². The summed E-state index contributed by atoms with van der Waals surface area (Å²) in [4.78, 5) is 24.5. The number of nitrogens with one attached hydrogen (secondary N) is 2. The first-order valence-corrected chi connectivity index (χ1v) is 10.9. The van der Waals surface area contributed by atoms with Crippen LogP contribution in [0, 0.1) is 11.8 Å². The topological polar surface area (TPSA) is 84.2 Å². The first-order chi connectivity index (χ1) is 15.0. The van der Waals surface area contributed by atoms with Crippen LogP contribution in [0.2, 0.25) is 0 Å². The average molecular weight is 430 g/mol. The quantitative estimate of drug-likeness (QED) is 0.396. The average Bonchev–Trinajstić information content (AvgIpc) is 2.79. The molecule has 0 fully saturated rings. The van der Waals surface area contributed by atoms with Crippen molar-refractivity contribution in [2.75, 3.05) is 18.1 Å². The van der Waals surface area contributed by atoms with Gasteiger partial charge in [0.05, 0.1) is 6.54 Å². The molecule has 0 heterocycles. The van der Waals surface area contributed by atoms with E-state index in [9.17, 15) is 9.59 Å². The fraction of sp³-hybridized carbons (Fsp3) is 0.120. The molecule has 0 aromatic heterocycles. The van der Waals surface area contributed by atoms with Crippen LogP contribution in [-0.4, -0.2) is 24.6 Å². The molecule has 2 amide bonds. The number of primary amides is 1. The van der Waals surface area contributed by atoms with Gasteiger partial charge in [0.2, 0.25) is 11.8 Å². The fourth-order valence-corrected chi connectivity index (χ4v) is 3.18. The highest BCUT2D eigenvalue weighted by molar-refractivity contribution is 7.98. The first kappa shape index (κ1) is 22.2. The number of nitrogens with two attached hydrogens (primary N) is 1. The molecule has 6 heteroatoms. The van der Waals surface area contributed by atoms with E-state index in [1.807, 2.05) is 30.5 Å². The summed E-state index contributed by atoms with van der Waals surface area (Å²) in [5.74, 6) is 5.53. The van der Waals surface area contributed by atoms with Gasteiger partial charge in [0.15, 0.2) is 0 Å². The van der Waals surface area contributed by atoms with Gasteiger partial charge in [-0.3, -0.25) is 9.59 Å². The summed E-state index contributed by atoms with van der Waals surface area (Å²) in [6.07, 6.45) is 2.04. The van der Waals surface area contributed by atoms with E-state index in [0.717, 1.165) is 16.7 Å². The summed E-state index contributed by atoms with van der Waals surface area (Å²) in [5, 5.41) is 6.02. The summed E-state index contributed by atoms with van der Waals surface area (Å²) in [7, 11) is 0. The van der Waals surface area contributed by atoms with E-state index in [-0.39, 0.29) is 12.5 Å². The number of carbonyl (C=O) groups excluding carboxylic acids is 2. The molecule has 0 radical (unpaired) electrons. The minimum absolute atomic E-state index is 0.103. The number of hydrogen-bond donors (Lipinski definition) is 3. The second-order valence-corrected chi connectivity index (χ2v) is 7.65. The van der Waals surface area contributed by atoms with Crippen molar-refractivity contribution in [3.05, 3.63) is 95.1 Å². The number of hydrogen-bond acceptors (Lipinski definition) is 4. The Balaban J connectivity index is 1.47. The van der Waals surface area contributed by atoms with Gasteiger partial charge >= 0.3 is 0 Å². The van der Waals surface area contributed by atoms with Crippen LogP contribution in [0.4, 0.5) is 5.69 Å². The Morgan fingerprint density at radius 1 is 0.871 bits per heavy atom. The van der Waals surface area contributed by atoms with Gasteiger partial charge in [-0.1, -0.05) is 24.0 Å². The number of benzene rings is 3. The molecule has 3 aromatic rings. The Labute approximate surface area is 186 Å². The van der Waals surface area contributed by atoms with Crippen molar-refractivity contribution < 1.29 is 9.59 Å². The van der Waals surface area contributed by atoms with Gasteiger partial charge < -0.3 is 16.4 Å². The summed E-state index contributed by atoms with van der Waals surface area (Å²) in [6, 6.07) is 22.4. The molecule has 3 rings (SSSR count). The van der Waals surface area contributed by atoms with Crippen molar-refractivity contribution in [3.63, 3.8) is 0 Å². The second kappa shape index (κ2) is 11.0. The van der Waals surface area contributed by atoms with Gasteiger partial charge in [-0.05, 0) is 72.5 Å². The largest absolute Gasteiger partial charge is 0.366 e. The van der Waals surface area contributed by atoms with Gasteiger partial charge in [-0.2, -0.15) is 0 Å². The smallest absolute Gasteiger partial charge is 0.248 e. The lowest BCUT2D eigenvalue weighted by atomic mass is 10.1. The fourth-order valence-electron chi connectivity index (χ4n) is 2.77. The Hall–Kier alpha value is -3.53. The molecule has 0 bridgehead atoms. The number of anilines is 1. The zero-order chi connectivity index (χ0) is 22.1. The molecule has 0 aliphatic rings. The zero-order valence-electron chi connectivity index (χ0n) is 17.1. The molecule has 4 N–H and O–H groups in total. The molecule has 0 saturated heterocycles. The first-order valence-electron chi connectivity index (χ1n) is 9.69. The predicted octanol–water partition coefficient (Wildman–Crippen LogP) is 3.64. The summed E-state index contributed by atoms with van der Waals surface area (Å²) < 4.78 is 0. The summed E-state index contributed by atoms with van der Waals surface area (Å²) in [5.41, 5.74) is 9.15. The van der Waals surface area contributed by atoms with Crippen LogP contribution < -0.4 is 16.4 Å². The maximum Gasteiger partial charge on any atom is 0.248 e. The molecule has 156 valence electrons. The van der Waals surface area contributed by atoms with E-state index in [0.29, 0.717) is 17.8 Å². The molecular weight excluding hydrogens is 406 g/mol. The molecule has 5 nitrogen and oxygen atoms in total. The molecule has 0 unspecified atom stereocenters. The Morgan fingerprint density at radius 3 is 2.00 bits per heavy atom. The van der Waals surface area contributed by atoms with Gasteiger partial charge in [0.1, 0.15) is 0 Å². The zero-order valence-corrected chi connectivity index (χ0v) is 18.0. The van der Waals surface area contributed by atoms with Crippen LogP contribution in [0.5, 0.6) is 0 Å². The number of rotatable bonds is 7. The van der Waals surface area contributed by atoms with E-state index < -0.39 is 5.91 Å². The van der Waals surface area contributed by atoms with Gasteiger partial charge in [-0.25, -0.2) is 0 Å². The standard InChI is InChI=1S/C25H23N3O2S/c1-31-23-14-8-20(9-15-23)16-27-17-24(29)28-22-12-6-19(7-13-22)3-2-18-4-10-21(11-5-18)25(26)30/h4-15,27H,16-17H2,1H3,(H2,26,30)(H,28,29). The van der Waals surface area contributed by atoms with Crippen LogP contribution in [0.15, 0.2) is 77.7 Å². The molecule has 0 aliphatic heterocycles. The Kier molecular flexibility index (Phi) is 7.88. The van der Waals surface area contributed by atoms with E-state index in [2.05, 4.69) is 46.7 Å². The van der Waals surface area contributed by atoms with Crippen LogP contribution >= 0.6 is 11.8 Å². The maximum absolute atomic E-state index is 12.1. The van der Waals surface area contributed by atoms with Gasteiger partial charge in [0, 0.05) is 33.8 Å². The SMILES string of the molecule is CSc1ccc(CNCC(=O)Nc2ccc(C#Cc3ccc(C(N)=O)cc3)cc2)cc1. The predicted molar refractivity (Wildman–Crippen MR) is 126 cm³/mol. The lowest BCUT2D eigenvalue weighted by Crippen LogP contribution is -2.27. The number of amides is 2. The van der Waals surface area contributed by atoms with Crippen LogP contribution in [0.1, 0.15) is 27.0 Å². The third kappa shape index (κ3) is 7.03. The number of carbonyl (C=O) groups is 2. The highest BCUT2D eigenvalue weighted by Crippen LogP contribution is 2.14. The lowest BCUT2D eigenvalue weighted by Gasteiger charge is -2.07. The molecular formula is C25H23N3O2S. The highest BCUT2D eigenvalue weighted by Gasteiger charge is 2.03. The normalized spacial score (nSPS) is 10.1. The minimum atomic E-state index is -0.461. The number of thioether (sulfide) groups is 1. The lowest BCUT2D eigenvalue weighted by molar-refractivity contribution is -0.115. The van der Waals surface area contributed by atoms with E-state index in [4.69, 9.17) is 5.73 Å². The van der Waals surface area contributed by atoms with Gasteiger partial charge in [0.25, 0.3) is 0 Å². The van der Waals surface area contributed by atoms with E-state index in [1.54, 1.807) is 36.0 Å². The minimum Gasteiger partial charge on any atom is -0.366 e. The Bertz CT molecular complexity index is 1100. The van der Waals surface area contributed by atoms with Crippen LogP contribution in [-0.2, 0) is 11.3 Å². The van der Waals surface area contributed by atoms with Crippen molar-refractivity contribution in [2.45, 2.75) is 11.4 Å². The van der Waals surface area contributed by atoms with Crippen molar-refractivity contribution in [1.29, 1.82) is 0 Å². The van der Waals surface area contributed by atoms with Crippen molar-refractivity contribution >= 4 is 29.3 Å². The molecule has 0 saturated carbocycles. The van der Waals surface area contributed by atoms with E-state index >= 15 is 0 Å². The van der Waals surface area contributed by atoms with Crippen molar-refractivity contribution in [3.8, 4) is 11.8 Å². The summed E-state index contributed by atoms with van der Waals surface area (Å²) >= 11 is 1.70. The van der Waals surface area contributed by atoms with Crippen molar-refractivity contribution in [1.82, 2.24) is 5.32 Å². The Morgan fingerprint density at radius 2 is 1.45 bits per heavy atom. The highest BCUT2D eigenvalue weighted by atomic mass is 32.2. The second-order valence-electron chi connectivity index (χ2n) is 6.77. The third-order valence-electron chi connectivity index (χ3n) is 4.46.